The van der Waals surface area contributed by atoms with E-state index >= 15 is 0 Å². The Balaban J connectivity index is 1.20. The molecule has 2 aliphatic carbocycles. The number of thioether (sulfide) groups is 1. The van der Waals surface area contributed by atoms with E-state index in [1.165, 1.54) is 42.3 Å². The Labute approximate surface area is 220 Å². The zero-order valence-electron chi connectivity index (χ0n) is 20.6. The fraction of sp³-hybridized carbons (Fsp3) is 0.481. The second-order valence-corrected chi connectivity index (χ2v) is 11.5. The van der Waals surface area contributed by atoms with Gasteiger partial charge in [0.25, 0.3) is 0 Å². The van der Waals surface area contributed by atoms with Gasteiger partial charge in [-0.15, -0.1) is 21.5 Å². The Kier molecular flexibility index (Phi) is 7.93. The Hall–Kier alpha value is -2.83. The molecular formula is C27H31N5O2S2. The second-order valence-electron chi connectivity index (χ2n) is 9.48. The van der Waals surface area contributed by atoms with Gasteiger partial charge in [0.15, 0.2) is 11.0 Å². The molecule has 0 atom stereocenters. The molecule has 2 aliphatic rings. The van der Waals surface area contributed by atoms with Crippen LogP contribution in [0, 0.1) is 11.3 Å². The second kappa shape index (κ2) is 11.5. The van der Waals surface area contributed by atoms with E-state index in [1.54, 1.807) is 11.3 Å². The number of rotatable bonds is 7. The number of fused-ring (bicyclic) bond motifs is 1. The van der Waals surface area contributed by atoms with Gasteiger partial charge in [-0.1, -0.05) is 24.6 Å². The molecule has 1 saturated carbocycles. The first kappa shape index (κ1) is 24.8. The summed E-state index contributed by atoms with van der Waals surface area (Å²) in [6.07, 6.45) is 11.7. The van der Waals surface area contributed by atoms with Gasteiger partial charge >= 0.3 is 0 Å². The standard InChI is InChI=1S/C27H31N5O2S2/c1-32-25(18-12-14-20(15-13-18)34-19-8-6-7-9-19)30-31-27(32)35-17-24(33)29-26-22(16-28)21-10-4-2-3-5-11-23(21)36-26/h12-15,19H,2-11,17H2,1H3,(H,29,33). The van der Waals surface area contributed by atoms with Gasteiger partial charge in [-0.2, -0.15) is 5.26 Å². The quantitative estimate of drug-likeness (QED) is 0.376. The van der Waals surface area contributed by atoms with E-state index in [2.05, 4.69) is 21.6 Å². The van der Waals surface area contributed by atoms with Crippen molar-refractivity contribution in [2.24, 2.45) is 7.05 Å². The van der Waals surface area contributed by atoms with E-state index < -0.39 is 0 Å². The van der Waals surface area contributed by atoms with Crippen molar-refractivity contribution in [2.75, 3.05) is 11.1 Å². The van der Waals surface area contributed by atoms with Crippen LogP contribution in [0.5, 0.6) is 5.75 Å². The number of nitrogens with one attached hydrogen (secondary N) is 1. The molecule has 1 fully saturated rings. The lowest BCUT2D eigenvalue weighted by atomic mass is 9.97. The predicted molar refractivity (Wildman–Crippen MR) is 144 cm³/mol. The van der Waals surface area contributed by atoms with Gasteiger partial charge in [0.05, 0.1) is 17.4 Å². The molecule has 1 N–H and O–H groups in total. The van der Waals surface area contributed by atoms with E-state index in [0.29, 0.717) is 21.8 Å². The summed E-state index contributed by atoms with van der Waals surface area (Å²) in [7, 11) is 1.91. The van der Waals surface area contributed by atoms with Gasteiger partial charge in [-0.05, 0) is 81.2 Å². The van der Waals surface area contributed by atoms with Crippen LogP contribution in [0.1, 0.15) is 67.4 Å². The third kappa shape index (κ3) is 5.60. The average molecular weight is 522 g/mol. The minimum absolute atomic E-state index is 0.135. The van der Waals surface area contributed by atoms with Crippen molar-refractivity contribution in [1.82, 2.24) is 14.8 Å². The monoisotopic (exact) mass is 521 g/mol. The van der Waals surface area contributed by atoms with Crippen molar-refractivity contribution in [1.29, 1.82) is 5.26 Å². The summed E-state index contributed by atoms with van der Waals surface area (Å²) in [5, 5.41) is 22.7. The first-order chi connectivity index (χ1) is 17.6. The van der Waals surface area contributed by atoms with E-state index in [1.807, 2.05) is 35.9 Å². The Morgan fingerprint density at radius 2 is 1.89 bits per heavy atom. The number of carbonyl (C=O) groups excluding carboxylic acids is 1. The number of thiophene rings is 1. The Bertz CT molecular complexity index is 1250. The highest BCUT2D eigenvalue weighted by molar-refractivity contribution is 7.99. The van der Waals surface area contributed by atoms with E-state index in [0.717, 1.165) is 61.2 Å². The van der Waals surface area contributed by atoms with Crippen molar-refractivity contribution in [2.45, 2.75) is 75.5 Å². The molecule has 2 heterocycles. The van der Waals surface area contributed by atoms with Crippen LogP contribution in [-0.2, 0) is 24.7 Å². The zero-order valence-corrected chi connectivity index (χ0v) is 22.2. The number of amides is 1. The van der Waals surface area contributed by atoms with Crippen LogP contribution < -0.4 is 10.1 Å². The molecule has 0 unspecified atom stereocenters. The smallest absolute Gasteiger partial charge is 0.235 e. The summed E-state index contributed by atoms with van der Waals surface area (Å²) in [5.41, 5.74) is 2.74. The number of benzene rings is 1. The van der Waals surface area contributed by atoms with Gasteiger partial charge in [0.2, 0.25) is 5.91 Å². The van der Waals surface area contributed by atoms with Crippen LogP contribution in [0.4, 0.5) is 5.00 Å². The number of carbonyl (C=O) groups is 1. The topological polar surface area (TPSA) is 92.8 Å². The van der Waals surface area contributed by atoms with Crippen molar-refractivity contribution < 1.29 is 9.53 Å². The van der Waals surface area contributed by atoms with Crippen molar-refractivity contribution in [3.63, 3.8) is 0 Å². The number of anilines is 1. The first-order valence-electron chi connectivity index (χ1n) is 12.8. The fourth-order valence-corrected chi connectivity index (χ4v) is 6.96. The third-order valence-electron chi connectivity index (χ3n) is 6.92. The molecule has 2 aromatic heterocycles. The number of nitriles is 1. The van der Waals surface area contributed by atoms with Gasteiger partial charge in [0, 0.05) is 17.5 Å². The van der Waals surface area contributed by atoms with Crippen LogP contribution in [0.3, 0.4) is 0 Å². The molecule has 36 heavy (non-hydrogen) atoms. The van der Waals surface area contributed by atoms with Crippen LogP contribution >= 0.6 is 23.1 Å². The SMILES string of the molecule is Cn1c(SCC(=O)Nc2sc3c(c2C#N)CCCCCC3)nnc1-c1ccc(OC2CCCC2)cc1. The molecule has 1 aromatic carbocycles. The molecule has 188 valence electrons. The number of hydrogen-bond acceptors (Lipinski definition) is 7. The van der Waals surface area contributed by atoms with Crippen LogP contribution in [-0.4, -0.2) is 32.5 Å². The van der Waals surface area contributed by atoms with E-state index in [-0.39, 0.29) is 11.7 Å². The third-order valence-corrected chi connectivity index (χ3v) is 9.15. The largest absolute Gasteiger partial charge is 0.490 e. The van der Waals surface area contributed by atoms with Crippen molar-refractivity contribution in [3.8, 4) is 23.2 Å². The number of aromatic nitrogens is 3. The number of nitrogens with zero attached hydrogens (tertiary/aromatic N) is 4. The lowest BCUT2D eigenvalue weighted by Crippen LogP contribution is -2.14. The summed E-state index contributed by atoms with van der Waals surface area (Å²) in [6, 6.07) is 10.3. The highest BCUT2D eigenvalue weighted by Gasteiger charge is 2.21. The molecule has 7 nitrogen and oxygen atoms in total. The van der Waals surface area contributed by atoms with Gasteiger partial charge in [0.1, 0.15) is 16.8 Å². The fourth-order valence-electron chi connectivity index (χ4n) is 4.99. The van der Waals surface area contributed by atoms with E-state index in [9.17, 15) is 10.1 Å². The maximum absolute atomic E-state index is 12.8. The highest BCUT2D eigenvalue weighted by atomic mass is 32.2. The first-order valence-corrected chi connectivity index (χ1v) is 14.6. The Morgan fingerprint density at radius 3 is 2.64 bits per heavy atom. The molecule has 3 aromatic rings. The Morgan fingerprint density at radius 1 is 1.14 bits per heavy atom. The predicted octanol–water partition coefficient (Wildman–Crippen LogP) is 6.13. The lowest BCUT2D eigenvalue weighted by Gasteiger charge is -2.13. The molecule has 0 radical (unpaired) electrons. The highest BCUT2D eigenvalue weighted by Crippen LogP contribution is 2.37. The number of aryl methyl sites for hydroxylation is 1. The van der Waals surface area contributed by atoms with Gasteiger partial charge in [-0.25, -0.2) is 0 Å². The summed E-state index contributed by atoms with van der Waals surface area (Å²) < 4.78 is 7.97. The van der Waals surface area contributed by atoms with Crippen molar-refractivity contribution >= 4 is 34.0 Å². The van der Waals surface area contributed by atoms with Crippen LogP contribution in [0.15, 0.2) is 29.4 Å². The summed E-state index contributed by atoms with van der Waals surface area (Å²) >= 11 is 2.91. The maximum atomic E-state index is 12.8. The van der Waals surface area contributed by atoms with Crippen LogP contribution in [0.25, 0.3) is 11.4 Å². The summed E-state index contributed by atoms with van der Waals surface area (Å²) in [4.78, 5) is 14.0. The minimum Gasteiger partial charge on any atom is -0.490 e. The maximum Gasteiger partial charge on any atom is 0.235 e. The molecule has 0 saturated heterocycles. The number of ether oxygens (including phenoxy) is 1. The number of hydrogen-bond donors (Lipinski definition) is 1. The molecule has 0 spiro atoms. The van der Waals surface area contributed by atoms with E-state index in [4.69, 9.17) is 4.74 Å². The lowest BCUT2D eigenvalue weighted by molar-refractivity contribution is -0.113. The van der Waals surface area contributed by atoms with Gasteiger partial charge < -0.3 is 14.6 Å². The normalized spacial score (nSPS) is 16.1. The molecule has 9 heteroatoms. The van der Waals surface area contributed by atoms with Crippen LogP contribution in [0.2, 0.25) is 0 Å². The molecular weight excluding hydrogens is 490 g/mol. The molecule has 1 amide bonds. The molecule has 0 bridgehead atoms. The minimum atomic E-state index is -0.135. The average Bonchev–Trinajstić information content (AvgIpc) is 3.58. The summed E-state index contributed by atoms with van der Waals surface area (Å²) in [6.45, 7) is 0. The van der Waals surface area contributed by atoms with Gasteiger partial charge in [-0.3, -0.25) is 4.79 Å². The molecule has 0 aliphatic heterocycles. The zero-order chi connectivity index (χ0) is 24.9. The summed E-state index contributed by atoms with van der Waals surface area (Å²) in [5.74, 6) is 1.70. The molecule has 5 rings (SSSR count). The van der Waals surface area contributed by atoms with Crippen molar-refractivity contribution in [3.05, 3.63) is 40.3 Å².